The Hall–Kier alpha value is -1.98. The van der Waals surface area contributed by atoms with Crippen molar-refractivity contribution in [2.75, 3.05) is 6.54 Å². The van der Waals surface area contributed by atoms with Crippen LogP contribution < -0.4 is 4.72 Å². The molecule has 0 amide bonds. The second-order valence-corrected chi connectivity index (χ2v) is 5.45. The molecular formula is C11H11FN2O4S. The van der Waals surface area contributed by atoms with Gasteiger partial charge in [0.25, 0.3) is 0 Å². The lowest BCUT2D eigenvalue weighted by Crippen LogP contribution is -2.24. The van der Waals surface area contributed by atoms with Crippen molar-refractivity contribution in [2.45, 2.75) is 18.2 Å². The van der Waals surface area contributed by atoms with E-state index in [4.69, 9.17) is 6.42 Å². The highest BCUT2D eigenvalue weighted by Gasteiger charge is 2.23. The molecule has 0 atom stereocenters. The lowest BCUT2D eigenvalue weighted by atomic mass is 10.2. The normalized spacial score (nSPS) is 11.0. The Balaban J connectivity index is 3.22. The quantitative estimate of drug-likeness (QED) is 0.383. The molecule has 1 aromatic rings. The van der Waals surface area contributed by atoms with Gasteiger partial charge in [0.05, 0.1) is 9.82 Å². The first-order valence-corrected chi connectivity index (χ1v) is 6.65. The number of nitro benzene ring substituents is 1. The van der Waals surface area contributed by atoms with Crippen LogP contribution >= 0.6 is 0 Å². The van der Waals surface area contributed by atoms with Gasteiger partial charge in [-0.2, -0.15) is 4.39 Å². The standard InChI is InChI=1S/C11H11FN2O4S/c1-3-4-5-13-19(17,18)9-6-8(2)11(12)10(7-9)14(15)16/h1,6-7,13H,4-5H2,2H3. The van der Waals surface area contributed by atoms with Gasteiger partial charge in [-0.3, -0.25) is 10.1 Å². The van der Waals surface area contributed by atoms with Crippen molar-refractivity contribution in [1.82, 2.24) is 4.72 Å². The number of rotatable bonds is 5. The molecule has 0 aliphatic heterocycles. The maximum absolute atomic E-state index is 13.4. The van der Waals surface area contributed by atoms with Gasteiger partial charge in [0.1, 0.15) is 0 Å². The predicted molar refractivity (Wildman–Crippen MR) is 66.4 cm³/mol. The van der Waals surface area contributed by atoms with Crippen LogP contribution in [-0.2, 0) is 10.0 Å². The maximum atomic E-state index is 13.4. The molecule has 1 N–H and O–H groups in total. The number of hydrogen-bond acceptors (Lipinski definition) is 4. The van der Waals surface area contributed by atoms with Crippen LogP contribution in [0.3, 0.4) is 0 Å². The molecule has 6 nitrogen and oxygen atoms in total. The Morgan fingerprint density at radius 2 is 2.16 bits per heavy atom. The molecule has 1 aromatic carbocycles. The predicted octanol–water partition coefficient (Wildman–Crippen LogP) is 1.34. The monoisotopic (exact) mass is 286 g/mol. The first-order valence-electron chi connectivity index (χ1n) is 5.17. The van der Waals surface area contributed by atoms with Gasteiger partial charge in [-0.15, -0.1) is 12.3 Å². The summed E-state index contributed by atoms with van der Waals surface area (Å²) in [6.45, 7) is 1.26. The molecule has 19 heavy (non-hydrogen) atoms. The molecule has 0 saturated carbocycles. The van der Waals surface area contributed by atoms with Crippen LogP contribution in [0.25, 0.3) is 0 Å². The number of nitro groups is 1. The van der Waals surface area contributed by atoms with E-state index in [0.717, 1.165) is 6.07 Å². The van der Waals surface area contributed by atoms with Crippen molar-refractivity contribution >= 4 is 15.7 Å². The van der Waals surface area contributed by atoms with Crippen molar-refractivity contribution in [3.8, 4) is 12.3 Å². The number of benzene rings is 1. The minimum absolute atomic E-state index is 0.00303. The fourth-order valence-electron chi connectivity index (χ4n) is 1.35. The largest absolute Gasteiger partial charge is 0.306 e. The zero-order valence-electron chi connectivity index (χ0n) is 10.0. The Labute approximate surface area is 109 Å². The number of hydrogen-bond donors (Lipinski definition) is 1. The zero-order valence-corrected chi connectivity index (χ0v) is 10.8. The Bertz CT molecular complexity index is 649. The topological polar surface area (TPSA) is 89.3 Å². The van der Waals surface area contributed by atoms with Crippen LogP contribution in [0, 0.1) is 35.2 Å². The van der Waals surface area contributed by atoms with E-state index in [1.807, 2.05) is 0 Å². The first-order chi connectivity index (χ1) is 8.79. The van der Waals surface area contributed by atoms with E-state index in [1.165, 1.54) is 6.92 Å². The molecule has 1 rings (SSSR count). The molecule has 0 fully saturated rings. The number of nitrogens with zero attached hydrogens (tertiary/aromatic N) is 1. The molecule has 0 bridgehead atoms. The molecule has 0 saturated heterocycles. The van der Waals surface area contributed by atoms with E-state index in [0.29, 0.717) is 6.07 Å². The van der Waals surface area contributed by atoms with Gasteiger partial charge in [-0.05, 0) is 18.6 Å². The summed E-state index contributed by atoms with van der Waals surface area (Å²) in [5.41, 5.74) is -0.996. The Morgan fingerprint density at radius 3 is 2.68 bits per heavy atom. The second-order valence-electron chi connectivity index (χ2n) is 3.68. The highest BCUT2D eigenvalue weighted by atomic mass is 32.2. The molecule has 0 aromatic heterocycles. The third-order valence-corrected chi connectivity index (χ3v) is 3.72. The number of sulfonamides is 1. The van der Waals surface area contributed by atoms with Crippen molar-refractivity contribution in [1.29, 1.82) is 0 Å². The van der Waals surface area contributed by atoms with Crippen LogP contribution in [0.4, 0.5) is 10.1 Å². The lowest BCUT2D eigenvalue weighted by molar-refractivity contribution is -0.387. The number of aryl methyl sites for hydroxylation is 1. The van der Waals surface area contributed by atoms with E-state index in [1.54, 1.807) is 0 Å². The summed E-state index contributed by atoms with van der Waals surface area (Å²) in [4.78, 5) is 9.30. The summed E-state index contributed by atoms with van der Waals surface area (Å²) in [6, 6.07) is 1.71. The molecule has 0 spiro atoms. The fraction of sp³-hybridized carbons (Fsp3) is 0.273. The Morgan fingerprint density at radius 1 is 1.53 bits per heavy atom. The van der Waals surface area contributed by atoms with Gasteiger partial charge in [0, 0.05) is 19.0 Å². The summed E-state index contributed by atoms with van der Waals surface area (Å²) in [7, 11) is -3.94. The first kappa shape index (κ1) is 15.1. The van der Waals surface area contributed by atoms with Gasteiger partial charge >= 0.3 is 5.69 Å². The maximum Gasteiger partial charge on any atom is 0.306 e. The van der Waals surface area contributed by atoms with Crippen molar-refractivity contribution in [2.24, 2.45) is 0 Å². The molecule has 0 unspecified atom stereocenters. The molecule has 0 heterocycles. The van der Waals surface area contributed by atoms with Crippen molar-refractivity contribution < 1.29 is 17.7 Å². The van der Waals surface area contributed by atoms with Crippen LogP contribution in [0.2, 0.25) is 0 Å². The van der Waals surface area contributed by atoms with Gasteiger partial charge in [0.2, 0.25) is 15.8 Å². The summed E-state index contributed by atoms with van der Waals surface area (Å²) in [5, 5.41) is 10.6. The minimum Gasteiger partial charge on any atom is -0.258 e. The van der Waals surface area contributed by atoms with Crippen LogP contribution in [0.5, 0.6) is 0 Å². The molecule has 0 radical (unpaired) electrons. The summed E-state index contributed by atoms with van der Waals surface area (Å²) in [6.07, 6.45) is 5.16. The third-order valence-electron chi connectivity index (χ3n) is 2.28. The lowest BCUT2D eigenvalue weighted by Gasteiger charge is -2.07. The second kappa shape index (κ2) is 5.77. The van der Waals surface area contributed by atoms with Gasteiger partial charge in [-0.25, -0.2) is 13.1 Å². The summed E-state index contributed by atoms with van der Waals surface area (Å²) < 4.78 is 39.3. The van der Waals surface area contributed by atoms with Crippen LogP contribution in [-0.4, -0.2) is 19.9 Å². The highest BCUT2D eigenvalue weighted by molar-refractivity contribution is 7.89. The molecular weight excluding hydrogens is 275 g/mol. The van der Waals surface area contributed by atoms with Gasteiger partial charge < -0.3 is 0 Å². The van der Waals surface area contributed by atoms with E-state index >= 15 is 0 Å². The number of halogens is 1. The average Bonchev–Trinajstić information content (AvgIpc) is 2.32. The number of terminal acetylenes is 1. The van der Waals surface area contributed by atoms with Crippen molar-refractivity contribution in [3.05, 3.63) is 33.6 Å². The minimum atomic E-state index is -3.94. The molecule has 0 aliphatic carbocycles. The van der Waals surface area contributed by atoms with E-state index in [9.17, 15) is 22.9 Å². The molecule has 0 aliphatic rings. The van der Waals surface area contributed by atoms with E-state index < -0.39 is 26.5 Å². The van der Waals surface area contributed by atoms with Crippen LogP contribution in [0.1, 0.15) is 12.0 Å². The summed E-state index contributed by atoms with van der Waals surface area (Å²) in [5.74, 6) is 1.20. The molecule has 102 valence electrons. The van der Waals surface area contributed by atoms with Crippen LogP contribution in [0.15, 0.2) is 17.0 Å². The zero-order chi connectivity index (χ0) is 14.6. The molecule has 8 heteroatoms. The highest BCUT2D eigenvalue weighted by Crippen LogP contribution is 2.24. The SMILES string of the molecule is C#CCCNS(=O)(=O)c1cc(C)c(F)c([N+](=O)[O-])c1. The third kappa shape index (κ3) is 3.49. The Kier molecular flexibility index (Phi) is 4.58. The van der Waals surface area contributed by atoms with Gasteiger partial charge in [-0.1, -0.05) is 0 Å². The van der Waals surface area contributed by atoms with Crippen molar-refractivity contribution in [3.63, 3.8) is 0 Å². The van der Waals surface area contributed by atoms with E-state index in [2.05, 4.69) is 10.6 Å². The fourth-order valence-corrected chi connectivity index (χ4v) is 2.48. The smallest absolute Gasteiger partial charge is 0.258 e. The summed E-state index contributed by atoms with van der Waals surface area (Å²) >= 11 is 0. The van der Waals surface area contributed by atoms with E-state index in [-0.39, 0.29) is 23.4 Å². The van der Waals surface area contributed by atoms with Gasteiger partial charge in [0.15, 0.2) is 0 Å². The average molecular weight is 286 g/mol. The number of nitrogens with one attached hydrogen (secondary N) is 1.